The van der Waals surface area contributed by atoms with Gasteiger partial charge in [0.1, 0.15) is 0 Å². The lowest BCUT2D eigenvalue weighted by Crippen LogP contribution is -2.31. The molecule has 114 valence electrons. The van der Waals surface area contributed by atoms with Crippen LogP contribution in [0.1, 0.15) is 30.1 Å². The number of carbonyl (C=O) groups is 1. The van der Waals surface area contributed by atoms with Crippen LogP contribution in [-0.2, 0) is 10.0 Å². The van der Waals surface area contributed by atoms with Crippen LogP contribution in [0.15, 0.2) is 54.5 Å². The third kappa shape index (κ3) is 4.37. The van der Waals surface area contributed by atoms with Gasteiger partial charge in [0, 0.05) is 25.1 Å². The Morgan fingerprint density at radius 2 is 1.67 bits per heavy atom. The molecule has 5 heteroatoms. The molecule has 0 spiro atoms. The highest BCUT2D eigenvalue weighted by Gasteiger charge is 2.22. The molecule has 4 nitrogen and oxygen atoms in total. The van der Waals surface area contributed by atoms with Crippen molar-refractivity contribution in [2.45, 2.75) is 24.7 Å². The molecule has 1 aromatic carbocycles. The summed E-state index contributed by atoms with van der Waals surface area (Å²) in [6.07, 6.45) is 4.29. The van der Waals surface area contributed by atoms with Crippen LogP contribution in [0.3, 0.4) is 0 Å². The number of hydrogen-bond donors (Lipinski definition) is 0. The zero-order valence-corrected chi connectivity index (χ0v) is 13.1. The number of Topliss-reactive ketones (excluding diaryl/α,β-unsaturated/α-hetero) is 1. The van der Waals surface area contributed by atoms with E-state index in [1.807, 2.05) is 6.92 Å². The number of sulfonamides is 1. The maximum absolute atomic E-state index is 12.5. The Balaban J connectivity index is 3.05. The van der Waals surface area contributed by atoms with E-state index >= 15 is 0 Å². The number of ketones is 1. The van der Waals surface area contributed by atoms with E-state index in [9.17, 15) is 13.2 Å². The Labute approximate surface area is 126 Å². The molecule has 0 N–H and O–H groups in total. The molecule has 0 atom stereocenters. The van der Waals surface area contributed by atoms with Crippen LogP contribution >= 0.6 is 0 Å². The fourth-order valence-corrected chi connectivity index (χ4v) is 3.27. The topological polar surface area (TPSA) is 54.5 Å². The Hall–Kier alpha value is -1.72. The van der Waals surface area contributed by atoms with Gasteiger partial charge in [0.25, 0.3) is 0 Å². The lowest BCUT2D eigenvalue weighted by Gasteiger charge is -2.19. The fraction of sp³-hybridized carbons (Fsp3) is 0.312. The Kier molecular flexibility index (Phi) is 6.52. The largest absolute Gasteiger partial charge is 0.294 e. The van der Waals surface area contributed by atoms with Crippen LogP contribution < -0.4 is 0 Å². The second-order valence-corrected chi connectivity index (χ2v) is 6.53. The molecule has 0 aliphatic rings. The molecule has 1 aromatic rings. The van der Waals surface area contributed by atoms with Crippen LogP contribution in [-0.4, -0.2) is 31.6 Å². The third-order valence-electron chi connectivity index (χ3n) is 2.96. The number of rotatable bonds is 9. The van der Waals surface area contributed by atoms with E-state index in [0.717, 1.165) is 6.42 Å². The normalized spacial score (nSPS) is 11.3. The summed E-state index contributed by atoms with van der Waals surface area (Å²) in [6, 6.07) is 6.06. The lowest BCUT2D eigenvalue weighted by atomic mass is 10.1. The molecule has 0 amide bonds. The molecule has 0 aliphatic heterocycles. The van der Waals surface area contributed by atoms with Gasteiger partial charge in [-0.25, -0.2) is 8.42 Å². The van der Waals surface area contributed by atoms with Crippen LogP contribution in [0, 0.1) is 0 Å². The van der Waals surface area contributed by atoms with Crippen LogP contribution in [0.2, 0.25) is 0 Å². The second-order valence-electron chi connectivity index (χ2n) is 4.60. The van der Waals surface area contributed by atoms with E-state index in [1.165, 1.54) is 28.6 Å². The van der Waals surface area contributed by atoms with Gasteiger partial charge in [-0.3, -0.25) is 4.79 Å². The van der Waals surface area contributed by atoms with Gasteiger partial charge >= 0.3 is 0 Å². The third-order valence-corrected chi connectivity index (χ3v) is 4.80. The average molecular weight is 307 g/mol. The van der Waals surface area contributed by atoms with E-state index < -0.39 is 10.0 Å². The van der Waals surface area contributed by atoms with E-state index in [2.05, 4.69) is 13.2 Å². The molecular formula is C16H21NO3S. The maximum atomic E-state index is 12.5. The molecule has 21 heavy (non-hydrogen) atoms. The molecule has 0 bridgehead atoms. The van der Waals surface area contributed by atoms with E-state index in [1.54, 1.807) is 12.1 Å². The first-order valence-corrected chi connectivity index (χ1v) is 8.26. The maximum Gasteiger partial charge on any atom is 0.243 e. The van der Waals surface area contributed by atoms with Gasteiger partial charge in [-0.05, 0) is 18.6 Å². The summed E-state index contributed by atoms with van der Waals surface area (Å²) < 4.78 is 26.2. The first-order valence-electron chi connectivity index (χ1n) is 6.82. The van der Waals surface area contributed by atoms with Crippen molar-refractivity contribution in [2.24, 2.45) is 0 Å². The summed E-state index contributed by atoms with van der Waals surface area (Å²) in [5, 5.41) is 0. The van der Waals surface area contributed by atoms with Gasteiger partial charge in [0.05, 0.1) is 4.90 Å². The van der Waals surface area contributed by atoms with Crippen molar-refractivity contribution in [3.8, 4) is 0 Å². The molecule has 0 heterocycles. The zero-order valence-electron chi connectivity index (χ0n) is 12.3. The van der Waals surface area contributed by atoms with Crippen LogP contribution in [0.4, 0.5) is 0 Å². The Bertz CT molecular complexity index is 593. The van der Waals surface area contributed by atoms with Crippen molar-refractivity contribution in [1.82, 2.24) is 4.31 Å². The molecule has 0 aliphatic carbocycles. The molecular weight excluding hydrogens is 286 g/mol. The standard InChI is InChI=1S/C16H21NO3S/c1-4-7-16(18)14-8-10-15(11-9-14)21(19,20)17(12-5-2)13-6-3/h5-6,8-11H,2-4,7,12-13H2,1H3. The van der Waals surface area contributed by atoms with E-state index in [-0.39, 0.29) is 23.8 Å². The number of hydrogen-bond acceptors (Lipinski definition) is 3. The minimum Gasteiger partial charge on any atom is -0.294 e. The SMILES string of the molecule is C=CCN(CC=C)S(=O)(=O)c1ccc(C(=O)CCC)cc1. The van der Waals surface area contributed by atoms with Gasteiger partial charge in [-0.2, -0.15) is 4.31 Å². The molecule has 0 saturated carbocycles. The number of carbonyl (C=O) groups excluding carboxylic acids is 1. The average Bonchev–Trinajstić information content (AvgIpc) is 2.47. The minimum absolute atomic E-state index is 0.0236. The van der Waals surface area contributed by atoms with E-state index in [0.29, 0.717) is 12.0 Å². The molecule has 0 unspecified atom stereocenters. The monoisotopic (exact) mass is 307 g/mol. The van der Waals surface area contributed by atoms with Crippen molar-refractivity contribution in [1.29, 1.82) is 0 Å². The fourth-order valence-electron chi connectivity index (χ4n) is 1.89. The summed E-state index contributed by atoms with van der Waals surface area (Å²) in [7, 11) is -3.60. The molecule has 0 fully saturated rings. The van der Waals surface area contributed by atoms with Crippen molar-refractivity contribution < 1.29 is 13.2 Å². The summed E-state index contributed by atoms with van der Waals surface area (Å²) in [5.41, 5.74) is 0.537. The first-order chi connectivity index (χ1) is 9.97. The van der Waals surface area contributed by atoms with Gasteiger partial charge in [0.15, 0.2) is 5.78 Å². The predicted octanol–water partition coefficient (Wildman–Crippen LogP) is 3.03. The molecule has 0 saturated heterocycles. The Morgan fingerprint density at radius 3 is 2.10 bits per heavy atom. The van der Waals surface area contributed by atoms with Crippen molar-refractivity contribution in [3.63, 3.8) is 0 Å². The zero-order chi connectivity index (χ0) is 15.9. The smallest absolute Gasteiger partial charge is 0.243 e. The van der Waals surface area contributed by atoms with Crippen molar-refractivity contribution in [2.75, 3.05) is 13.1 Å². The minimum atomic E-state index is -3.60. The highest BCUT2D eigenvalue weighted by atomic mass is 32.2. The Morgan fingerprint density at radius 1 is 1.14 bits per heavy atom. The van der Waals surface area contributed by atoms with Crippen molar-refractivity contribution >= 4 is 15.8 Å². The summed E-state index contributed by atoms with van der Waals surface area (Å²) in [5.74, 6) is 0.0236. The van der Waals surface area contributed by atoms with Crippen LogP contribution in [0.25, 0.3) is 0 Å². The first kappa shape index (κ1) is 17.3. The van der Waals surface area contributed by atoms with Gasteiger partial charge in [0.2, 0.25) is 10.0 Å². The van der Waals surface area contributed by atoms with Gasteiger partial charge in [-0.15, -0.1) is 13.2 Å². The highest BCUT2D eigenvalue weighted by molar-refractivity contribution is 7.89. The number of nitrogens with zero attached hydrogens (tertiary/aromatic N) is 1. The quantitative estimate of drug-likeness (QED) is 0.520. The van der Waals surface area contributed by atoms with E-state index in [4.69, 9.17) is 0 Å². The van der Waals surface area contributed by atoms with Gasteiger partial charge in [-0.1, -0.05) is 31.2 Å². The highest BCUT2D eigenvalue weighted by Crippen LogP contribution is 2.17. The summed E-state index contributed by atoms with van der Waals surface area (Å²) in [6.45, 7) is 9.48. The lowest BCUT2D eigenvalue weighted by molar-refractivity contribution is 0.0981. The predicted molar refractivity (Wildman–Crippen MR) is 84.8 cm³/mol. The number of benzene rings is 1. The second kappa shape index (κ2) is 7.90. The summed E-state index contributed by atoms with van der Waals surface area (Å²) in [4.78, 5) is 11.9. The molecule has 1 rings (SSSR count). The van der Waals surface area contributed by atoms with Crippen LogP contribution in [0.5, 0.6) is 0 Å². The molecule has 0 aromatic heterocycles. The summed E-state index contributed by atoms with van der Waals surface area (Å²) >= 11 is 0. The molecule has 0 radical (unpaired) electrons. The van der Waals surface area contributed by atoms with Gasteiger partial charge < -0.3 is 0 Å². The van der Waals surface area contributed by atoms with Crippen molar-refractivity contribution in [3.05, 3.63) is 55.1 Å².